The second kappa shape index (κ2) is 5.59. The third-order valence-corrected chi connectivity index (χ3v) is 3.33. The lowest BCUT2D eigenvalue weighted by molar-refractivity contribution is 0.112. The van der Waals surface area contributed by atoms with E-state index >= 15 is 0 Å². The highest BCUT2D eigenvalue weighted by atomic mass is 16.1. The summed E-state index contributed by atoms with van der Waals surface area (Å²) in [6, 6.07) is 17.5. The molecule has 0 aliphatic rings. The Bertz CT molecular complexity index is 788. The first-order valence-corrected chi connectivity index (χ1v) is 6.65. The molecule has 0 amide bonds. The molecule has 0 saturated heterocycles. The predicted octanol–water partition coefficient (Wildman–Crippen LogP) is 3.99. The lowest BCUT2D eigenvalue weighted by Crippen LogP contribution is -1.94. The van der Waals surface area contributed by atoms with Crippen LogP contribution >= 0.6 is 0 Å². The summed E-state index contributed by atoms with van der Waals surface area (Å²) in [7, 11) is 0. The van der Waals surface area contributed by atoms with Crippen molar-refractivity contribution in [1.82, 2.24) is 9.78 Å². The van der Waals surface area contributed by atoms with Gasteiger partial charge in [0.15, 0.2) is 6.29 Å². The summed E-state index contributed by atoms with van der Waals surface area (Å²) < 4.78 is 1.72. The van der Waals surface area contributed by atoms with Crippen LogP contribution in [0.3, 0.4) is 0 Å². The number of para-hydroxylation sites is 1. The second-order valence-electron chi connectivity index (χ2n) is 4.62. The largest absolute Gasteiger partial charge is 0.298 e. The van der Waals surface area contributed by atoms with E-state index in [0.29, 0.717) is 11.3 Å². The van der Waals surface area contributed by atoms with Crippen LogP contribution in [-0.4, -0.2) is 16.1 Å². The minimum Gasteiger partial charge on any atom is -0.298 e. The average Bonchev–Trinajstić information content (AvgIpc) is 2.99. The summed E-state index contributed by atoms with van der Waals surface area (Å²) in [5, 5.41) is 4.57. The molecule has 3 rings (SSSR count). The van der Waals surface area contributed by atoms with Gasteiger partial charge >= 0.3 is 0 Å². The third-order valence-electron chi connectivity index (χ3n) is 3.33. The minimum absolute atomic E-state index is 0.563. The van der Waals surface area contributed by atoms with Crippen molar-refractivity contribution in [3.8, 4) is 16.9 Å². The zero-order valence-corrected chi connectivity index (χ0v) is 11.4. The molecule has 3 heteroatoms. The molecule has 1 aromatic heterocycles. The van der Waals surface area contributed by atoms with Gasteiger partial charge in [-0.15, -0.1) is 0 Å². The zero-order valence-electron chi connectivity index (χ0n) is 11.4. The highest BCUT2D eigenvalue weighted by molar-refractivity contribution is 5.88. The van der Waals surface area contributed by atoms with E-state index in [0.717, 1.165) is 23.1 Å². The fourth-order valence-corrected chi connectivity index (χ4v) is 2.29. The van der Waals surface area contributed by atoms with Gasteiger partial charge in [-0.2, -0.15) is 5.10 Å². The lowest BCUT2D eigenvalue weighted by atomic mass is 10.0. The molecule has 21 heavy (non-hydrogen) atoms. The fraction of sp³-hybridized carbons (Fsp3) is 0. The molecule has 102 valence electrons. The summed E-state index contributed by atoms with van der Waals surface area (Å²) in [5.74, 6) is 0. The monoisotopic (exact) mass is 274 g/mol. The number of nitrogens with zero attached hydrogens (tertiary/aromatic N) is 2. The molecule has 1 heterocycles. The van der Waals surface area contributed by atoms with Crippen molar-refractivity contribution in [2.45, 2.75) is 0 Å². The van der Waals surface area contributed by atoms with Gasteiger partial charge in [0.1, 0.15) is 5.69 Å². The molecule has 0 radical (unpaired) electrons. The Morgan fingerprint density at radius 2 is 1.67 bits per heavy atom. The van der Waals surface area contributed by atoms with Crippen LogP contribution in [0.1, 0.15) is 15.9 Å². The molecule has 2 aromatic carbocycles. The first kappa shape index (κ1) is 13.1. The molecule has 0 bridgehead atoms. The van der Waals surface area contributed by atoms with Crippen LogP contribution in [0.4, 0.5) is 0 Å². The summed E-state index contributed by atoms with van der Waals surface area (Å²) in [6.07, 6.45) is 4.35. The van der Waals surface area contributed by atoms with Crippen LogP contribution in [0.5, 0.6) is 0 Å². The van der Waals surface area contributed by atoms with Gasteiger partial charge in [0.2, 0.25) is 0 Å². The fourth-order valence-electron chi connectivity index (χ4n) is 2.29. The maximum atomic E-state index is 11.4. The van der Waals surface area contributed by atoms with Crippen molar-refractivity contribution in [2.24, 2.45) is 0 Å². The molecule has 0 atom stereocenters. The standard InChI is InChI=1S/C18H14N2O/c1-2-14-8-6-7-11-17(14)18-15(13-21)12-20(19-18)16-9-4-3-5-10-16/h2-13H,1H2. The Morgan fingerprint density at radius 3 is 2.38 bits per heavy atom. The van der Waals surface area contributed by atoms with Gasteiger partial charge in [-0.25, -0.2) is 4.68 Å². The Hall–Kier alpha value is -2.94. The van der Waals surface area contributed by atoms with Crippen LogP contribution in [-0.2, 0) is 0 Å². The van der Waals surface area contributed by atoms with Crippen LogP contribution in [0.25, 0.3) is 23.0 Å². The molecule has 3 aromatic rings. The van der Waals surface area contributed by atoms with Crippen molar-refractivity contribution >= 4 is 12.4 Å². The van der Waals surface area contributed by atoms with Crippen molar-refractivity contribution in [2.75, 3.05) is 0 Å². The number of carbonyl (C=O) groups excluding carboxylic acids is 1. The number of rotatable bonds is 4. The zero-order chi connectivity index (χ0) is 14.7. The molecule has 0 aliphatic carbocycles. The first-order chi connectivity index (χ1) is 10.3. The first-order valence-electron chi connectivity index (χ1n) is 6.65. The second-order valence-corrected chi connectivity index (χ2v) is 4.62. The molecular weight excluding hydrogens is 260 g/mol. The van der Waals surface area contributed by atoms with Crippen molar-refractivity contribution in [3.63, 3.8) is 0 Å². The molecular formula is C18H14N2O. The highest BCUT2D eigenvalue weighted by Crippen LogP contribution is 2.26. The van der Waals surface area contributed by atoms with Crippen molar-refractivity contribution < 1.29 is 4.79 Å². The third kappa shape index (κ3) is 2.41. The summed E-state index contributed by atoms with van der Waals surface area (Å²) in [5.41, 5.74) is 4.02. The molecule has 0 spiro atoms. The van der Waals surface area contributed by atoms with E-state index in [2.05, 4.69) is 11.7 Å². The molecule has 0 unspecified atom stereocenters. The van der Waals surface area contributed by atoms with Gasteiger partial charge in [-0.1, -0.05) is 55.1 Å². The molecule has 0 saturated carbocycles. The number of carbonyl (C=O) groups is 1. The summed E-state index contributed by atoms with van der Waals surface area (Å²) in [4.78, 5) is 11.4. The number of hydrogen-bond donors (Lipinski definition) is 0. The highest BCUT2D eigenvalue weighted by Gasteiger charge is 2.13. The number of benzene rings is 2. The van der Waals surface area contributed by atoms with Crippen LogP contribution in [0, 0.1) is 0 Å². The Balaban J connectivity index is 2.17. The van der Waals surface area contributed by atoms with E-state index in [1.807, 2.05) is 54.6 Å². The van der Waals surface area contributed by atoms with Gasteiger partial charge in [-0.3, -0.25) is 4.79 Å². The Kier molecular flexibility index (Phi) is 3.48. The van der Waals surface area contributed by atoms with Crippen LogP contribution in [0.15, 0.2) is 67.4 Å². The molecule has 3 nitrogen and oxygen atoms in total. The maximum absolute atomic E-state index is 11.4. The number of aromatic nitrogens is 2. The van der Waals surface area contributed by atoms with Gasteiger partial charge in [0, 0.05) is 11.8 Å². The SMILES string of the molecule is C=Cc1ccccc1-c1nn(-c2ccccc2)cc1C=O. The van der Waals surface area contributed by atoms with Crippen LogP contribution < -0.4 is 0 Å². The predicted molar refractivity (Wildman–Crippen MR) is 84.5 cm³/mol. The van der Waals surface area contributed by atoms with Gasteiger partial charge in [0.25, 0.3) is 0 Å². The van der Waals surface area contributed by atoms with Gasteiger partial charge in [-0.05, 0) is 17.7 Å². The number of hydrogen-bond acceptors (Lipinski definition) is 2. The van der Waals surface area contributed by atoms with Gasteiger partial charge < -0.3 is 0 Å². The van der Waals surface area contributed by atoms with Crippen molar-refractivity contribution in [1.29, 1.82) is 0 Å². The molecule has 0 N–H and O–H groups in total. The smallest absolute Gasteiger partial charge is 0.153 e. The molecule has 0 aliphatic heterocycles. The van der Waals surface area contributed by atoms with E-state index in [1.54, 1.807) is 17.0 Å². The summed E-state index contributed by atoms with van der Waals surface area (Å²) >= 11 is 0. The Labute approximate surface area is 123 Å². The summed E-state index contributed by atoms with van der Waals surface area (Å²) in [6.45, 7) is 3.81. The van der Waals surface area contributed by atoms with Gasteiger partial charge in [0.05, 0.1) is 11.3 Å². The minimum atomic E-state index is 0.563. The van der Waals surface area contributed by atoms with E-state index < -0.39 is 0 Å². The maximum Gasteiger partial charge on any atom is 0.153 e. The normalized spacial score (nSPS) is 10.3. The quantitative estimate of drug-likeness (QED) is 0.674. The molecule has 0 fully saturated rings. The topological polar surface area (TPSA) is 34.9 Å². The van der Waals surface area contributed by atoms with E-state index in [1.165, 1.54) is 0 Å². The van der Waals surface area contributed by atoms with Crippen molar-refractivity contribution in [3.05, 3.63) is 78.5 Å². The number of aldehydes is 1. The van der Waals surface area contributed by atoms with E-state index in [-0.39, 0.29) is 0 Å². The van der Waals surface area contributed by atoms with E-state index in [4.69, 9.17) is 0 Å². The average molecular weight is 274 g/mol. The lowest BCUT2D eigenvalue weighted by Gasteiger charge is -2.03. The van der Waals surface area contributed by atoms with Crippen LogP contribution in [0.2, 0.25) is 0 Å². The Morgan fingerprint density at radius 1 is 0.952 bits per heavy atom. The van der Waals surface area contributed by atoms with E-state index in [9.17, 15) is 4.79 Å².